The third-order valence-electron chi connectivity index (χ3n) is 12.0. The van der Waals surface area contributed by atoms with Crippen molar-refractivity contribution in [3.8, 4) is 17.2 Å². The average Bonchev–Trinajstić information content (AvgIpc) is 3.75. The fourth-order valence-electron chi connectivity index (χ4n) is 8.49. The van der Waals surface area contributed by atoms with Crippen molar-refractivity contribution in [3.05, 3.63) is 141 Å². The minimum atomic E-state index is -4.72. The zero-order chi connectivity index (χ0) is 44.8. The molecule has 3 aromatic heterocycles. The fraction of sp³-hybridized carbons (Fsp3) is 0.283. The molecule has 18 heteroatoms. The van der Waals surface area contributed by atoms with Crippen molar-refractivity contribution >= 4 is 61.2 Å². The summed E-state index contributed by atoms with van der Waals surface area (Å²) >= 11 is 6.24. The number of rotatable bonds is 11. The molecular weight excluding hydrogens is 863 g/mol. The number of piperazine rings is 1. The number of allylic oxidation sites excluding steroid dienone is 1. The molecule has 64 heavy (non-hydrogen) atoms. The number of H-pyrrole nitrogens is 1. The Balaban J connectivity index is 0.953. The Labute approximate surface area is 373 Å². The van der Waals surface area contributed by atoms with Gasteiger partial charge >= 0.3 is 0 Å². The molecule has 0 spiro atoms. The summed E-state index contributed by atoms with van der Waals surface area (Å²) in [6, 6.07) is 20.5. The van der Waals surface area contributed by atoms with E-state index in [9.17, 15) is 27.7 Å². The molecule has 15 nitrogen and oxygen atoms in total. The van der Waals surface area contributed by atoms with Crippen LogP contribution < -0.4 is 24.4 Å². The van der Waals surface area contributed by atoms with Gasteiger partial charge in [-0.25, -0.2) is 22.5 Å². The van der Waals surface area contributed by atoms with Crippen molar-refractivity contribution in [2.45, 2.75) is 44.0 Å². The summed E-state index contributed by atoms with van der Waals surface area (Å²) in [6.45, 7) is 8.39. The maximum atomic E-state index is 14.0. The number of aromatic amines is 1. The Morgan fingerprint density at radius 3 is 2.58 bits per heavy atom. The van der Waals surface area contributed by atoms with Crippen LogP contribution in [0.4, 0.5) is 21.5 Å². The lowest BCUT2D eigenvalue weighted by Crippen LogP contribution is -2.47. The molecule has 6 aromatic rings. The topological polar surface area (TPSA) is 185 Å². The van der Waals surface area contributed by atoms with Crippen molar-refractivity contribution in [3.63, 3.8) is 0 Å². The minimum absolute atomic E-state index is 0.0799. The van der Waals surface area contributed by atoms with Gasteiger partial charge in [0, 0.05) is 73.2 Å². The standard InChI is InChI=1S/C46H44ClFN8O7S/c1-46(2)13-11-30(37(23-46)28-3-5-31(47)6-4-28)26-54-15-17-55(18-16-54)33-8-9-36(41(20-33)63-34-19-29-12-14-49-44(29)51-25-34)45(57)53-64(60,61)35-21-40(56(58)59)43-42(22-35)62-27-39(52-43)38-10-7-32(48)24-50-38/h3-10,12,14,19-22,24-25,39,52H,11,13,15-18,23,26-27H2,1-2H3,(H,49,51)(H,53,57)/t39-/m1/s1. The molecule has 9 rings (SSSR count). The molecule has 2 aliphatic heterocycles. The lowest BCUT2D eigenvalue weighted by molar-refractivity contribution is -0.384. The van der Waals surface area contributed by atoms with Crippen LogP contribution in [0.2, 0.25) is 5.02 Å². The number of carbonyl (C=O) groups excluding carboxylic acids is 1. The second kappa shape index (κ2) is 17.2. The molecule has 1 aliphatic carbocycles. The zero-order valence-electron chi connectivity index (χ0n) is 34.9. The number of nitro benzene ring substituents is 1. The van der Waals surface area contributed by atoms with Crippen LogP contribution in [-0.2, 0) is 10.0 Å². The van der Waals surface area contributed by atoms with Gasteiger partial charge in [0.15, 0.2) is 11.4 Å². The second-order valence-corrected chi connectivity index (χ2v) is 19.1. The van der Waals surface area contributed by atoms with Gasteiger partial charge in [-0.2, -0.15) is 0 Å². The van der Waals surface area contributed by atoms with E-state index in [4.69, 9.17) is 21.1 Å². The highest BCUT2D eigenvalue weighted by atomic mass is 35.5. The summed E-state index contributed by atoms with van der Waals surface area (Å²) in [4.78, 5) is 41.1. The summed E-state index contributed by atoms with van der Waals surface area (Å²) in [6.07, 6.45) is 7.39. The van der Waals surface area contributed by atoms with E-state index in [1.54, 1.807) is 24.4 Å². The van der Waals surface area contributed by atoms with Crippen LogP contribution in [0, 0.1) is 21.3 Å². The molecule has 330 valence electrons. The Morgan fingerprint density at radius 1 is 1.03 bits per heavy atom. The highest BCUT2D eigenvalue weighted by Crippen LogP contribution is 2.44. The van der Waals surface area contributed by atoms with Crippen LogP contribution in [0.1, 0.15) is 60.8 Å². The molecule has 0 radical (unpaired) electrons. The molecule has 0 bridgehead atoms. The molecular formula is C46H44ClFN8O7S. The number of ether oxygens (including phenoxy) is 2. The number of nitrogens with zero attached hydrogens (tertiary/aromatic N) is 5. The Morgan fingerprint density at radius 2 is 1.83 bits per heavy atom. The molecule has 1 atom stereocenters. The number of pyridine rings is 2. The van der Waals surface area contributed by atoms with Crippen molar-refractivity contribution in [2.24, 2.45) is 5.41 Å². The number of fused-ring (bicyclic) bond motifs is 2. The maximum absolute atomic E-state index is 14.0. The average molecular weight is 907 g/mol. The Hall–Kier alpha value is -6.56. The summed E-state index contributed by atoms with van der Waals surface area (Å²) in [5.74, 6) is -1.31. The van der Waals surface area contributed by atoms with E-state index in [2.05, 4.69) is 60.8 Å². The number of nitro groups is 1. The third kappa shape index (κ3) is 9.09. The first kappa shape index (κ1) is 42.7. The summed E-state index contributed by atoms with van der Waals surface area (Å²) in [5, 5.41) is 16.7. The van der Waals surface area contributed by atoms with Crippen LogP contribution in [-0.4, -0.2) is 78.4 Å². The second-order valence-electron chi connectivity index (χ2n) is 17.0. The largest absolute Gasteiger partial charge is 0.489 e. The van der Waals surface area contributed by atoms with Crippen LogP contribution in [0.5, 0.6) is 17.2 Å². The predicted molar refractivity (Wildman–Crippen MR) is 241 cm³/mol. The number of amides is 1. The van der Waals surface area contributed by atoms with Crippen LogP contribution in [0.15, 0.2) is 108 Å². The predicted octanol–water partition coefficient (Wildman–Crippen LogP) is 8.90. The van der Waals surface area contributed by atoms with Crippen molar-refractivity contribution in [1.29, 1.82) is 0 Å². The van der Waals surface area contributed by atoms with Crippen LogP contribution in [0.25, 0.3) is 16.6 Å². The van der Waals surface area contributed by atoms with Gasteiger partial charge in [-0.3, -0.25) is 24.8 Å². The molecule has 3 N–H and O–H groups in total. The van der Waals surface area contributed by atoms with E-state index in [0.29, 0.717) is 35.2 Å². The molecule has 1 saturated heterocycles. The van der Waals surface area contributed by atoms with Crippen LogP contribution >= 0.6 is 11.6 Å². The number of hydrogen-bond donors (Lipinski definition) is 3. The van der Waals surface area contributed by atoms with E-state index < -0.39 is 43.3 Å². The molecule has 3 aromatic carbocycles. The molecule has 1 fully saturated rings. The Bertz CT molecular complexity index is 2920. The molecule has 5 heterocycles. The van der Waals surface area contributed by atoms with E-state index in [1.807, 2.05) is 18.2 Å². The summed E-state index contributed by atoms with van der Waals surface area (Å²) < 4.78 is 55.4. The SMILES string of the molecule is CC1(C)CCC(CN2CCN(c3ccc(C(=O)NS(=O)(=O)c4cc5c(c([N+](=O)[O-])c4)N[C@@H](c4ccc(F)cn4)CO5)c(Oc4cnc5[nH]ccc5c4)c3)CC2)=C(c2ccc(Cl)cc2)C1. The Kier molecular flexibility index (Phi) is 11.5. The van der Waals surface area contributed by atoms with Gasteiger partial charge in [0.25, 0.3) is 21.6 Å². The number of benzene rings is 3. The number of aromatic nitrogens is 3. The van der Waals surface area contributed by atoms with Crippen molar-refractivity contribution in [2.75, 3.05) is 49.5 Å². The molecule has 0 unspecified atom stereocenters. The van der Waals surface area contributed by atoms with Gasteiger partial charge in [-0.15, -0.1) is 0 Å². The van der Waals surface area contributed by atoms with Gasteiger partial charge in [-0.1, -0.05) is 43.2 Å². The first-order valence-electron chi connectivity index (χ1n) is 20.8. The molecule has 3 aliphatic rings. The smallest absolute Gasteiger partial charge is 0.297 e. The fourth-order valence-corrected chi connectivity index (χ4v) is 9.62. The van der Waals surface area contributed by atoms with Gasteiger partial charge in [0.2, 0.25) is 0 Å². The number of carbonyl (C=O) groups is 1. The van der Waals surface area contributed by atoms with Gasteiger partial charge in [0.1, 0.15) is 35.6 Å². The monoisotopic (exact) mass is 906 g/mol. The zero-order valence-corrected chi connectivity index (χ0v) is 36.5. The quantitative estimate of drug-likeness (QED) is 0.0830. The van der Waals surface area contributed by atoms with Gasteiger partial charge in [-0.05, 0) is 84.3 Å². The number of hydrogen-bond acceptors (Lipinski definition) is 12. The normalized spacial score (nSPS) is 17.6. The molecule has 0 saturated carbocycles. The summed E-state index contributed by atoms with van der Waals surface area (Å²) in [7, 11) is -4.72. The minimum Gasteiger partial charge on any atom is -0.489 e. The van der Waals surface area contributed by atoms with E-state index >= 15 is 0 Å². The maximum Gasteiger partial charge on any atom is 0.297 e. The van der Waals surface area contributed by atoms with E-state index in [0.717, 1.165) is 68.3 Å². The van der Waals surface area contributed by atoms with Crippen molar-refractivity contribution < 1.29 is 32.0 Å². The lowest BCUT2D eigenvalue weighted by Gasteiger charge is -2.39. The molecule has 1 amide bonds. The highest BCUT2D eigenvalue weighted by Gasteiger charge is 2.34. The van der Waals surface area contributed by atoms with E-state index in [-0.39, 0.29) is 34.8 Å². The van der Waals surface area contributed by atoms with Gasteiger partial charge in [0.05, 0.1) is 33.5 Å². The number of nitrogens with one attached hydrogen (secondary N) is 3. The van der Waals surface area contributed by atoms with Gasteiger partial charge < -0.3 is 24.7 Å². The summed E-state index contributed by atoms with van der Waals surface area (Å²) in [5.41, 5.74) is 5.24. The third-order valence-corrected chi connectivity index (χ3v) is 13.5. The van der Waals surface area contributed by atoms with Crippen LogP contribution in [0.3, 0.4) is 0 Å². The first-order chi connectivity index (χ1) is 30.7. The van der Waals surface area contributed by atoms with Crippen molar-refractivity contribution in [1.82, 2.24) is 24.6 Å². The number of halogens is 2. The number of sulfonamides is 1. The number of anilines is 2. The van der Waals surface area contributed by atoms with E-state index in [1.165, 1.54) is 41.1 Å². The highest BCUT2D eigenvalue weighted by molar-refractivity contribution is 7.90. The first-order valence-corrected chi connectivity index (χ1v) is 22.6. The lowest BCUT2D eigenvalue weighted by atomic mass is 9.72.